The fourth-order valence-corrected chi connectivity index (χ4v) is 3.45. The van der Waals surface area contributed by atoms with Gasteiger partial charge in [0.2, 0.25) is 0 Å². The van der Waals surface area contributed by atoms with Crippen LogP contribution in [0.15, 0.2) is 21.8 Å². The third kappa shape index (κ3) is 2.60. The predicted molar refractivity (Wildman–Crippen MR) is 81.1 cm³/mol. The van der Waals surface area contributed by atoms with E-state index in [0.717, 1.165) is 6.07 Å². The molecule has 0 bridgehead atoms. The van der Waals surface area contributed by atoms with Gasteiger partial charge in [-0.05, 0) is 25.1 Å². The number of fused-ring (bicyclic) bond motifs is 3. The number of rotatable bonds is 2. The van der Waals surface area contributed by atoms with Gasteiger partial charge >= 0.3 is 0 Å². The largest absolute Gasteiger partial charge is 0.320 e. The van der Waals surface area contributed by atoms with E-state index in [4.69, 9.17) is 4.55 Å². The van der Waals surface area contributed by atoms with Crippen LogP contribution in [-0.2, 0) is 23.1 Å². The summed E-state index contributed by atoms with van der Waals surface area (Å²) in [6.45, 7) is 1.01. The van der Waals surface area contributed by atoms with Gasteiger partial charge in [0.25, 0.3) is 21.4 Å². The molecule has 122 valence electrons. The molecule has 0 saturated heterocycles. The lowest BCUT2D eigenvalue weighted by molar-refractivity contribution is -0.385. The predicted octanol–water partition coefficient (Wildman–Crippen LogP) is 0.671. The van der Waals surface area contributed by atoms with Crippen LogP contribution in [0.25, 0.3) is 10.9 Å². The molecule has 0 fully saturated rings. The van der Waals surface area contributed by atoms with Crippen molar-refractivity contribution in [2.45, 2.75) is 17.9 Å². The molecule has 2 heterocycles. The van der Waals surface area contributed by atoms with Crippen molar-refractivity contribution < 1.29 is 17.9 Å². The second-order valence-electron chi connectivity index (χ2n) is 5.50. The van der Waals surface area contributed by atoms with Crippen LogP contribution >= 0.6 is 0 Å². The first-order chi connectivity index (χ1) is 10.7. The lowest BCUT2D eigenvalue weighted by atomic mass is 9.94. The highest BCUT2D eigenvalue weighted by atomic mass is 32.2. The second-order valence-corrected chi connectivity index (χ2v) is 6.89. The summed E-state index contributed by atoms with van der Waals surface area (Å²) in [7, 11) is -2.85. The Labute approximate surface area is 130 Å². The zero-order valence-corrected chi connectivity index (χ0v) is 12.9. The average Bonchev–Trinajstić information content (AvgIpc) is 2.44. The van der Waals surface area contributed by atoms with Gasteiger partial charge < -0.3 is 9.88 Å². The molecule has 1 aromatic carbocycles. The van der Waals surface area contributed by atoms with Crippen LogP contribution in [0.3, 0.4) is 0 Å². The lowest BCUT2D eigenvalue weighted by Crippen LogP contribution is -2.28. The monoisotopic (exact) mass is 339 g/mol. The molecule has 10 heteroatoms. The molecule has 1 aromatic heterocycles. The van der Waals surface area contributed by atoms with Crippen molar-refractivity contribution >= 4 is 26.7 Å². The number of nitrogens with zero attached hydrogens (tertiary/aromatic N) is 2. The number of hydrogen-bond acceptors (Lipinski definition) is 6. The molecule has 1 aliphatic heterocycles. The molecular weight excluding hydrogens is 326 g/mol. The first kappa shape index (κ1) is 15.6. The molecule has 0 saturated carbocycles. The smallest absolute Gasteiger partial charge is 0.300 e. The number of aromatic amines is 1. The van der Waals surface area contributed by atoms with Gasteiger partial charge in [0.15, 0.2) is 4.90 Å². The molecule has 3 rings (SSSR count). The number of benzene rings is 1. The normalized spacial score (nSPS) is 15.6. The summed E-state index contributed by atoms with van der Waals surface area (Å²) in [6.07, 6.45) is 0.443. The van der Waals surface area contributed by atoms with Gasteiger partial charge in [-0.2, -0.15) is 8.42 Å². The fraction of sp³-hybridized carbons (Fsp3) is 0.308. The minimum atomic E-state index is -4.68. The van der Waals surface area contributed by atoms with E-state index < -0.39 is 25.5 Å². The first-order valence-corrected chi connectivity index (χ1v) is 8.14. The van der Waals surface area contributed by atoms with Gasteiger partial charge in [0, 0.05) is 30.1 Å². The van der Waals surface area contributed by atoms with Crippen LogP contribution in [0.1, 0.15) is 11.1 Å². The zero-order chi connectivity index (χ0) is 16.9. The highest BCUT2D eigenvalue weighted by Gasteiger charge is 2.27. The number of aromatic nitrogens is 1. The van der Waals surface area contributed by atoms with Crippen LogP contribution in [0.2, 0.25) is 0 Å². The summed E-state index contributed by atoms with van der Waals surface area (Å²) in [5, 5.41) is 11.7. The summed E-state index contributed by atoms with van der Waals surface area (Å²) in [5.41, 5.74) is 0.162. The summed E-state index contributed by atoms with van der Waals surface area (Å²) < 4.78 is 31.8. The molecule has 0 spiro atoms. The van der Waals surface area contributed by atoms with Crippen molar-refractivity contribution in [3.63, 3.8) is 0 Å². The molecule has 1 aliphatic rings. The van der Waals surface area contributed by atoms with Gasteiger partial charge in [-0.15, -0.1) is 0 Å². The van der Waals surface area contributed by atoms with E-state index >= 15 is 0 Å². The second kappa shape index (κ2) is 5.11. The zero-order valence-electron chi connectivity index (χ0n) is 12.1. The first-order valence-electron chi connectivity index (χ1n) is 6.70. The van der Waals surface area contributed by atoms with E-state index in [9.17, 15) is 23.3 Å². The van der Waals surface area contributed by atoms with Crippen LogP contribution in [0, 0.1) is 10.1 Å². The summed E-state index contributed by atoms with van der Waals surface area (Å²) in [6, 6.07) is 2.31. The van der Waals surface area contributed by atoms with Crippen molar-refractivity contribution in [1.82, 2.24) is 9.88 Å². The van der Waals surface area contributed by atoms with E-state index in [1.54, 1.807) is 0 Å². The summed E-state index contributed by atoms with van der Waals surface area (Å²) in [5.74, 6) is 0. The number of likely N-dealkylation sites (N-methyl/N-ethyl adjacent to an activating group) is 1. The van der Waals surface area contributed by atoms with E-state index in [2.05, 4.69) is 4.98 Å². The third-order valence-corrected chi connectivity index (χ3v) is 4.82. The van der Waals surface area contributed by atoms with Gasteiger partial charge in [0.05, 0.1) is 10.4 Å². The Morgan fingerprint density at radius 2 is 2.04 bits per heavy atom. The van der Waals surface area contributed by atoms with Crippen LogP contribution in [0.5, 0.6) is 0 Å². The minimum Gasteiger partial charge on any atom is -0.320 e. The Hall–Kier alpha value is -2.30. The van der Waals surface area contributed by atoms with Crippen LogP contribution < -0.4 is 5.56 Å². The maximum Gasteiger partial charge on any atom is 0.300 e. The van der Waals surface area contributed by atoms with Crippen molar-refractivity contribution in [2.75, 3.05) is 13.6 Å². The summed E-state index contributed by atoms with van der Waals surface area (Å²) >= 11 is 0. The molecular formula is C13H13N3O6S. The average molecular weight is 339 g/mol. The molecule has 2 aromatic rings. The Kier molecular flexibility index (Phi) is 3.47. The molecule has 9 nitrogen and oxygen atoms in total. The lowest BCUT2D eigenvalue weighted by Gasteiger charge is -2.26. The molecule has 2 N–H and O–H groups in total. The topological polar surface area (TPSA) is 134 Å². The Bertz CT molecular complexity index is 995. The quantitative estimate of drug-likeness (QED) is 0.466. The van der Waals surface area contributed by atoms with Gasteiger partial charge in [-0.25, -0.2) is 0 Å². The minimum absolute atomic E-state index is 0.101. The molecule has 0 atom stereocenters. The Morgan fingerprint density at radius 1 is 1.35 bits per heavy atom. The number of nitro groups is 1. The molecule has 23 heavy (non-hydrogen) atoms. The van der Waals surface area contributed by atoms with E-state index in [1.165, 1.54) is 6.07 Å². The maximum atomic E-state index is 11.8. The van der Waals surface area contributed by atoms with Gasteiger partial charge in [-0.1, -0.05) is 0 Å². The van der Waals surface area contributed by atoms with Crippen molar-refractivity contribution in [3.8, 4) is 0 Å². The van der Waals surface area contributed by atoms with Crippen molar-refractivity contribution in [3.05, 3.63) is 43.7 Å². The number of nitro benzene ring substituents is 1. The molecule has 0 radical (unpaired) electrons. The highest BCUT2D eigenvalue weighted by molar-refractivity contribution is 7.85. The number of pyridine rings is 1. The molecule has 0 aliphatic carbocycles. The number of nitrogens with one attached hydrogen (secondary N) is 1. The van der Waals surface area contributed by atoms with Crippen molar-refractivity contribution in [1.29, 1.82) is 0 Å². The third-order valence-electron chi connectivity index (χ3n) is 3.96. The standard InChI is InChI=1S/C13H13N3O6S/c1-15-3-2-7-9(6-15)8-4-12(23(20,21)22)13(17)14-10(8)5-11(7)16(18)19/h4-5H,2-3,6H2,1H3,(H,14,17)(H,20,21,22). The van der Waals surface area contributed by atoms with Gasteiger partial charge in [0.1, 0.15) is 0 Å². The SMILES string of the molecule is CN1CCc2c([N+](=O)[O-])cc3[nH]c(=O)c(S(=O)(=O)O)cc3c2C1. The van der Waals surface area contributed by atoms with E-state index in [1.807, 2.05) is 11.9 Å². The Morgan fingerprint density at radius 3 is 2.65 bits per heavy atom. The number of hydrogen-bond donors (Lipinski definition) is 2. The Balaban J connectivity index is 2.44. The van der Waals surface area contributed by atoms with E-state index in [0.29, 0.717) is 36.0 Å². The van der Waals surface area contributed by atoms with Crippen LogP contribution in [0.4, 0.5) is 5.69 Å². The molecule has 0 unspecified atom stereocenters. The van der Waals surface area contributed by atoms with Crippen LogP contribution in [-0.4, -0.2) is 41.4 Å². The van der Waals surface area contributed by atoms with Gasteiger partial charge in [-0.3, -0.25) is 19.5 Å². The fourth-order valence-electron chi connectivity index (χ4n) is 2.90. The number of H-pyrrole nitrogens is 1. The molecule has 0 amide bonds. The van der Waals surface area contributed by atoms with E-state index in [-0.39, 0.29) is 11.2 Å². The maximum absolute atomic E-state index is 11.8. The van der Waals surface area contributed by atoms with Crippen molar-refractivity contribution in [2.24, 2.45) is 0 Å². The summed E-state index contributed by atoms with van der Waals surface area (Å²) in [4.78, 5) is 26.0. The highest BCUT2D eigenvalue weighted by Crippen LogP contribution is 2.33.